The number of fused-ring (bicyclic) bond motifs is 1. The van der Waals surface area contributed by atoms with E-state index in [1.165, 1.54) is 5.56 Å². The van der Waals surface area contributed by atoms with Gasteiger partial charge in [0.2, 0.25) is 0 Å². The van der Waals surface area contributed by atoms with Crippen LogP contribution in [0.4, 0.5) is 0 Å². The zero-order valence-electron chi connectivity index (χ0n) is 39.6. The van der Waals surface area contributed by atoms with Gasteiger partial charge in [0.05, 0.1) is 22.3 Å². The Morgan fingerprint density at radius 1 is 0.689 bits per heavy atom. The number of hydrogen-bond acceptors (Lipinski definition) is 3. The van der Waals surface area contributed by atoms with Gasteiger partial charge in [-0.05, 0) is 95.1 Å². The maximum atomic E-state index is 12.3. The molecule has 6 aromatic carbocycles. The molecule has 0 aliphatic rings. The van der Waals surface area contributed by atoms with Gasteiger partial charge >= 0.3 is 0 Å². The minimum atomic E-state index is -2.17. The van der Waals surface area contributed by atoms with Crippen LogP contribution in [0.5, 0.6) is 5.75 Å². The number of rotatable bonds is 8. The molecule has 2 aromatic heterocycles. The van der Waals surface area contributed by atoms with Gasteiger partial charge < -0.3 is 5.11 Å². The van der Waals surface area contributed by atoms with Crippen LogP contribution in [-0.4, -0.2) is 19.6 Å². The fourth-order valence-corrected chi connectivity index (χ4v) is 8.19. The fourth-order valence-electron chi connectivity index (χ4n) is 8.19. The Bertz CT molecular complexity index is 2970. The number of aromatic hydroxyl groups is 1. The number of nitrogens with zero attached hydrogens (tertiary/aromatic N) is 3. The summed E-state index contributed by atoms with van der Waals surface area (Å²) in [6.07, 6.45) is 2.75. The second-order valence-electron chi connectivity index (χ2n) is 18.7. The Morgan fingerprint density at radius 2 is 1.43 bits per heavy atom. The number of phenols is 1. The molecule has 61 heavy (non-hydrogen) atoms. The standard InChI is InChI=1S/C56H56N3O.Pt/c1-35(2)27-38-21-24-50(46(30-38)40-15-12-11-13-16-40)59-51-18-14-17-45(52(51)58-54(59)47-28-37(4)29-48(53(47)60)56(8,9)10)42-31-43(33-44(32-42)55(5,6)7)49-34-41(25-26-57-49)39-22-19-36(3)20-23-39;/h11-26,28-30,32-35,60H,27H2,1-10H3;/q-1;/i3D3;. The van der Waals surface area contributed by atoms with Gasteiger partial charge in [-0.2, -0.15) is 0 Å². The van der Waals surface area contributed by atoms with Crippen molar-refractivity contribution < 1.29 is 30.3 Å². The van der Waals surface area contributed by atoms with Gasteiger partial charge in [0.25, 0.3) is 0 Å². The van der Waals surface area contributed by atoms with Crippen molar-refractivity contribution >= 4 is 11.0 Å². The molecule has 8 rings (SSSR count). The SMILES string of the molecule is [2H]C([2H])([2H])c1ccc(-c2ccnc(-c3[c-]c(-c4cccc5c4nc(-c4cc(C)cc(C(C)(C)C)c4O)n5-c4ccc(CC(C)C)cc4-c4ccccc4)cc(C(C)(C)C)c3)c2)cc1.[Pt]. The quantitative estimate of drug-likeness (QED) is 0.154. The number of hydrogen-bond donors (Lipinski definition) is 1. The minimum absolute atomic E-state index is 0. The first-order valence-electron chi connectivity index (χ1n) is 22.5. The predicted octanol–water partition coefficient (Wildman–Crippen LogP) is 14.7. The Kier molecular flexibility index (Phi) is 11.1. The summed E-state index contributed by atoms with van der Waals surface area (Å²) in [5.41, 5.74) is 14.8. The Labute approximate surface area is 381 Å². The molecule has 0 amide bonds. The van der Waals surface area contributed by atoms with Gasteiger partial charge in [0.15, 0.2) is 0 Å². The first-order valence-corrected chi connectivity index (χ1v) is 21.0. The monoisotopic (exact) mass is 984 g/mol. The van der Waals surface area contributed by atoms with E-state index in [0.717, 1.165) is 84.5 Å². The van der Waals surface area contributed by atoms with Crippen molar-refractivity contribution in [1.29, 1.82) is 0 Å². The second-order valence-corrected chi connectivity index (χ2v) is 18.7. The van der Waals surface area contributed by atoms with Gasteiger partial charge in [-0.3, -0.25) is 9.55 Å². The van der Waals surface area contributed by atoms with Gasteiger partial charge in [0, 0.05) is 48.2 Å². The summed E-state index contributed by atoms with van der Waals surface area (Å²) in [6.45, 7) is 17.4. The first-order chi connectivity index (χ1) is 29.8. The predicted molar refractivity (Wildman–Crippen MR) is 252 cm³/mol. The summed E-state index contributed by atoms with van der Waals surface area (Å²) < 4.78 is 25.7. The van der Waals surface area contributed by atoms with Gasteiger partial charge in [0.1, 0.15) is 11.6 Å². The number of phenolic OH excluding ortho intramolecular Hbond substituents is 1. The normalized spacial score (nSPS) is 12.9. The van der Waals surface area contributed by atoms with Crippen molar-refractivity contribution in [2.75, 3.05) is 0 Å². The summed E-state index contributed by atoms with van der Waals surface area (Å²) in [5, 5.41) is 12.3. The molecule has 4 nitrogen and oxygen atoms in total. The zero-order chi connectivity index (χ0) is 45.0. The van der Waals surface area contributed by atoms with Crippen molar-refractivity contribution in [2.24, 2.45) is 5.92 Å². The molecule has 0 saturated carbocycles. The van der Waals surface area contributed by atoms with Crippen molar-refractivity contribution in [3.05, 3.63) is 167 Å². The van der Waals surface area contributed by atoms with Crippen LogP contribution in [0.3, 0.4) is 0 Å². The number of aryl methyl sites for hydroxylation is 2. The molecule has 5 heteroatoms. The molecule has 2 heterocycles. The van der Waals surface area contributed by atoms with Gasteiger partial charge in [-0.15, -0.1) is 29.3 Å². The average molecular weight is 985 g/mol. The number of para-hydroxylation sites is 1. The molecular formula is C56H56N3OPt-. The smallest absolute Gasteiger partial charge is 0.148 e. The van der Waals surface area contributed by atoms with Crippen molar-refractivity contribution in [1.82, 2.24) is 14.5 Å². The van der Waals surface area contributed by atoms with E-state index in [0.29, 0.717) is 22.9 Å². The van der Waals surface area contributed by atoms with Crippen LogP contribution in [0.15, 0.2) is 134 Å². The van der Waals surface area contributed by atoms with E-state index in [4.69, 9.17) is 14.1 Å². The zero-order valence-corrected chi connectivity index (χ0v) is 38.9. The van der Waals surface area contributed by atoms with Crippen LogP contribution in [0, 0.1) is 25.8 Å². The molecule has 1 N–H and O–H groups in total. The topological polar surface area (TPSA) is 50.9 Å². The number of pyridine rings is 1. The summed E-state index contributed by atoms with van der Waals surface area (Å²) >= 11 is 0. The van der Waals surface area contributed by atoms with Crippen LogP contribution in [0.25, 0.3) is 72.7 Å². The van der Waals surface area contributed by atoms with E-state index < -0.39 is 6.85 Å². The van der Waals surface area contributed by atoms with Crippen LogP contribution in [-0.2, 0) is 38.3 Å². The Hall–Kier alpha value is -5.57. The summed E-state index contributed by atoms with van der Waals surface area (Å²) in [6, 6.07) is 47.0. The summed E-state index contributed by atoms with van der Waals surface area (Å²) in [7, 11) is 0. The molecule has 0 saturated heterocycles. The van der Waals surface area contributed by atoms with E-state index in [9.17, 15) is 5.11 Å². The number of imidazole rings is 1. The minimum Gasteiger partial charge on any atom is -0.507 e. The molecule has 312 valence electrons. The van der Waals surface area contributed by atoms with Crippen LogP contribution >= 0.6 is 0 Å². The third-order valence-electron chi connectivity index (χ3n) is 11.3. The third kappa shape index (κ3) is 8.93. The van der Waals surface area contributed by atoms with Gasteiger partial charge in [-0.1, -0.05) is 157 Å². The first kappa shape index (κ1) is 39.6. The average Bonchev–Trinajstić information content (AvgIpc) is 3.63. The van der Waals surface area contributed by atoms with E-state index in [1.54, 1.807) is 18.3 Å². The molecule has 0 atom stereocenters. The van der Waals surface area contributed by atoms with Crippen molar-refractivity contribution in [2.45, 2.75) is 86.4 Å². The van der Waals surface area contributed by atoms with E-state index in [-0.39, 0.29) is 37.6 Å². The molecule has 0 fully saturated rings. The second kappa shape index (κ2) is 17.1. The fraction of sp³-hybridized carbons (Fsp3) is 0.250. The maximum Gasteiger partial charge on any atom is 0.148 e. The van der Waals surface area contributed by atoms with E-state index in [2.05, 4.69) is 158 Å². The van der Waals surface area contributed by atoms with Crippen LogP contribution in [0.1, 0.15) is 87.3 Å². The summed E-state index contributed by atoms with van der Waals surface area (Å²) in [4.78, 5) is 10.4. The van der Waals surface area contributed by atoms with Crippen LogP contribution < -0.4 is 0 Å². The molecular weight excluding hydrogens is 926 g/mol. The molecule has 8 aromatic rings. The third-order valence-corrected chi connectivity index (χ3v) is 11.3. The molecule has 0 aliphatic carbocycles. The maximum absolute atomic E-state index is 12.3. The summed E-state index contributed by atoms with van der Waals surface area (Å²) in [5.74, 6) is 1.37. The molecule has 0 unspecified atom stereocenters. The Morgan fingerprint density at radius 3 is 2.11 bits per heavy atom. The van der Waals surface area contributed by atoms with Crippen molar-refractivity contribution in [3.63, 3.8) is 0 Å². The molecule has 0 aliphatic heterocycles. The van der Waals surface area contributed by atoms with Crippen molar-refractivity contribution in [3.8, 4) is 67.5 Å². The van der Waals surface area contributed by atoms with Crippen LogP contribution in [0.2, 0.25) is 0 Å². The molecule has 0 radical (unpaired) electrons. The molecule has 0 spiro atoms. The number of benzene rings is 6. The van der Waals surface area contributed by atoms with E-state index in [1.807, 2.05) is 30.3 Å². The van der Waals surface area contributed by atoms with Gasteiger partial charge in [-0.25, -0.2) is 4.98 Å². The largest absolute Gasteiger partial charge is 0.507 e. The molecule has 0 bridgehead atoms. The Balaban J connectivity index is 0.00000612. The van der Waals surface area contributed by atoms with E-state index >= 15 is 0 Å². The number of aromatic nitrogens is 3.